The van der Waals surface area contributed by atoms with Gasteiger partial charge >= 0.3 is 0 Å². The number of hydrogen-bond donors (Lipinski definition) is 1. The van der Waals surface area contributed by atoms with Crippen LogP contribution >= 0.6 is 22.9 Å². The molecule has 3 rings (SSSR count). The molecule has 2 heterocycles. The minimum atomic E-state index is 0.651. The highest BCUT2D eigenvalue weighted by Crippen LogP contribution is 2.42. The van der Waals surface area contributed by atoms with Crippen molar-refractivity contribution in [2.45, 2.75) is 13.8 Å². The van der Waals surface area contributed by atoms with Gasteiger partial charge in [0.1, 0.15) is 11.5 Å². The Morgan fingerprint density at radius 1 is 1.29 bits per heavy atom. The van der Waals surface area contributed by atoms with Gasteiger partial charge in [-0.25, -0.2) is 0 Å². The summed E-state index contributed by atoms with van der Waals surface area (Å²) < 4.78 is 1.71. The SMILES string of the molecule is Cc1cccc(-c2c(-c3scc(C)c3Cl)nn(C)c2N)c1. The average molecular weight is 318 g/mol. The van der Waals surface area contributed by atoms with E-state index in [1.807, 2.05) is 25.4 Å². The van der Waals surface area contributed by atoms with Gasteiger partial charge < -0.3 is 5.73 Å². The summed E-state index contributed by atoms with van der Waals surface area (Å²) in [4.78, 5) is 0.970. The fraction of sp³-hybridized carbons (Fsp3) is 0.188. The van der Waals surface area contributed by atoms with Crippen LogP contribution in [0.5, 0.6) is 0 Å². The van der Waals surface area contributed by atoms with E-state index in [0.717, 1.165) is 32.3 Å². The van der Waals surface area contributed by atoms with Gasteiger partial charge in [-0.05, 0) is 30.4 Å². The molecule has 21 heavy (non-hydrogen) atoms. The first kappa shape index (κ1) is 14.2. The largest absolute Gasteiger partial charge is 0.383 e. The molecule has 2 N–H and O–H groups in total. The Morgan fingerprint density at radius 3 is 2.67 bits per heavy atom. The third-order valence-corrected chi connectivity index (χ3v) is 5.22. The molecule has 0 bridgehead atoms. The first-order valence-electron chi connectivity index (χ1n) is 6.62. The Kier molecular flexibility index (Phi) is 3.51. The quantitative estimate of drug-likeness (QED) is 0.746. The molecule has 0 saturated heterocycles. The van der Waals surface area contributed by atoms with E-state index in [9.17, 15) is 0 Å². The summed E-state index contributed by atoms with van der Waals surface area (Å²) in [6, 6.07) is 8.27. The van der Waals surface area contributed by atoms with E-state index >= 15 is 0 Å². The Bertz CT molecular complexity index is 817. The van der Waals surface area contributed by atoms with Gasteiger partial charge in [0.2, 0.25) is 0 Å². The zero-order chi connectivity index (χ0) is 15.1. The third-order valence-electron chi connectivity index (χ3n) is 3.51. The summed E-state index contributed by atoms with van der Waals surface area (Å²) in [5.41, 5.74) is 11.4. The Hall–Kier alpha value is -1.78. The number of rotatable bonds is 2. The molecule has 1 aromatic carbocycles. The van der Waals surface area contributed by atoms with Crippen LogP contribution in [0.3, 0.4) is 0 Å². The number of benzene rings is 1. The van der Waals surface area contributed by atoms with Crippen molar-refractivity contribution >= 4 is 28.8 Å². The Labute approximate surface area is 133 Å². The lowest BCUT2D eigenvalue weighted by Gasteiger charge is -2.05. The van der Waals surface area contributed by atoms with Gasteiger partial charge in [0.15, 0.2) is 0 Å². The number of anilines is 1. The van der Waals surface area contributed by atoms with E-state index < -0.39 is 0 Å². The van der Waals surface area contributed by atoms with Crippen molar-refractivity contribution in [3.63, 3.8) is 0 Å². The molecular weight excluding hydrogens is 302 g/mol. The molecule has 0 atom stereocenters. The normalized spacial score (nSPS) is 11.0. The van der Waals surface area contributed by atoms with Crippen molar-refractivity contribution in [1.82, 2.24) is 9.78 Å². The molecule has 0 aliphatic heterocycles. The van der Waals surface area contributed by atoms with E-state index in [1.54, 1.807) is 16.0 Å². The van der Waals surface area contributed by atoms with Crippen molar-refractivity contribution < 1.29 is 0 Å². The molecule has 0 saturated carbocycles. The zero-order valence-corrected chi connectivity index (χ0v) is 13.7. The van der Waals surface area contributed by atoms with Gasteiger partial charge in [0, 0.05) is 7.05 Å². The number of aryl methyl sites for hydroxylation is 3. The molecule has 0 amide bonds. The van der Waals surface area contributed by atoms with E-state index in [0.29, 0.717) is 5.82 Å². The lowest BCUT2D eigenvalue weighted by atomic mass is 10.0. The van der Waals surface area contributed by atoms with Crippen LogP contribution in [0.2, 0.25) is 5.02 Å². The van der Waals surface area contributed by atoms with Crippen molar-refractivity contribution in [1.29, 1.82) is 0 Å². The molecule has 0 fully saturated rings. The van der Waals surface area contributed by atoms with Crippen molar-refractivity contribution in [2.75, 3.05) is 5.73 Å². The fourth-order valence-corrected chi connectivity index (χ4v) is 3.64. The van der Waals surface area contributed by atoms with Crippen LogP contribution in [0.1, 0.15) is 11.1 Å². The van der Waals surface area contributed by atoms with Crippen molar-refractivity contribution in [3.8, 4) is 21.7 Å². The minimum absolute atomic E-state index is 0.651. The van der Waals surface area contributed by atoms with Crippen LogP contribution in [0.15, 0.2) is 29.6 Å². The molecule has 0 radical (unpaired) electrons. The minimum Gasteiger partial charge on any atom is -0.383 e. The second-order valence-corrected chi connectivity index (χ2v) is 6.42. The van der Waals surface area contributed by atoms with Crippen LogP contribution in [0.4, 0.5) is 5.82 Å². The van der Waals surface area contributed by atoms with Crippen LogP contribution in [-0.2, 0) is 7.05 Å². The van der Waals surface area contributed by atoms with E-state index in [2.05, 4.69) is 30.2 Å². The number of hydrogen-bond acceptors (Lipinski definition) is 3. The maximum absolute atomic E-state index is 6.42. The summed E-state index contributed by atoms with van der Waals surface area (Å²) in [5.74, 6) is 0.651. The molecule has 0 aliphatic rings. The maximum atomic E-state index is 6.42. The van der Waals surface area contributed by atoms with Crippen LogP contribution in [0, 0.1) is 13.8 Å². The summed E-state index contributed by atoms with van der Waals surface area (Å²) in [6.07, 6.45) is 0. The topological polar surface area (TPSA) is 43.8 Å². The zero-order valence-electron chi connectivity index (χ0n) is 12.1. The molecule has 0 spiro atoms. The van der Waals surface area contributed by atoms with Gasteiger partial charge in [-0.3, -0.25) is 4.68 Å². The number of halogens is 1. The van der Waals surface area contributed by atoms with Crippen LogP contribution in [0.25, 0.3) is 21.7 Å². The lowest BCUT2D eigenvalue weighted by molar-refractivity contribution is 0.783. The Balaban J connectivity index is 2.28. The van der Waals surface area contributed by atoms with Gasteiger partial charge in [0.05, 0.1) is 15.5 Å². The van der Waals surface area contributed by atoms with Crippen molar-refractivity contribution in [2.24, 2.45) is 7.05 Å². The summed E-state index contributed by atoms with van der Waals surface area (Å²) in [5, 5.41) is 7.38. The maximum Gasteiger partial charge on any atom is 0.129 e. The molecule has 108 valence electrons. The smallest absolute Gasteiger partial charge is 0.129 e. The summed E-state index contributed by atoms with van der Waals surface area (Å²) >= 11 is 8.02. The number of nitrogens with two attached hydrogens (primary N) is 1. The monoisotopic (exact) mass is 317 g/mol. The second kappa shape index (κ2) is 5.20. The average Bonchev–Trinajstić information content (AvgIpc) is 2.92. The molecule has 2 aromatic heterocycles. The van der Waals surface area contributed by atoms with Gasteiger partial charge in [-0.15, -0.1) is 11.3 Å². The molecule has 3 nitrogen and oxygen atoms in total. The van der Waals surface area contributed by atoms with Gasteiger partial charge in [-0.1, -0.05) is 41.4 Å². The molecule has 3 aromatic rings. The van der Waals surface area contributed by atoms with Gasteiger partial charge in [-0.2, -0.15) is 5.10 Å². The summed E-state index contributed by atoms with van der Waals surface area (Å²) in [6.45, 7) is 4.07. The number of thiophene rings is 1. The van der Waals surface area contributed by atoms with E-state index in [-0.39, 0.29) is 0 Å². The predicted molar refractivity (Wildman–Crippen MR) is 90.9 cm³/mol. The highest BCUT2D eigenvalue weighted by atomic mass is 35.5. The standard InChI is InChI=1S/C16H16ClN3S/c1-9-5-4-6-11(7-9)12-14(19-20(3)16(12)18)15-13(17)10(2)8-21-15/h4-8H,18H2,1-3H3. The number of nitrogens with zero attached hydrogens (tertiary/aromatic N) is 2. The summed E-state index contributed by atoms with van der Waals surface area (Å²) in [7, 11) is 1.85. The Morgan fingerprint density at radius 2 is 2.05 bits per heavy atom. The second-order valence-electron chi connectivity index (χ2n) is 5.16. The third kappa shape index (κ3) is 2.34. The fourth-order valence-electron chi connectivity index (χ4n) is 2.37. The lowest BCUT2D eigenvalue weighted by Crippen LogP contribution is -1.98. The highest BCUT2D eigenvalue weighted by molar-refractivity contribution is 7.14. The van der Waals surface area contributed by atoms with Crippen LogP contribution < -0.4 is 5.73 Å². The molecule has 0 aliphatic carbocycles. The number of nitrogen functional groups attached to an aromatic ring is 1. The highest BCUT2D eigenvalue weighted by Gasteiger charge is 2.21. The van der Waals surface area contributed by atoms with Gasteiger partial charge in [0.25, 0.3) is 0 Å². The number of aromatic nitrogens is 2. The van der Waals surface area contributed by atoms with E-state index in [1.165, 1.54) is 5.56 Å². The first-order valence-corrected chi connectivity index (χ1v) is 7.88. The molecule has 5 heteroatoms. The first-order chi connectivity index (χ1) is 9.99. The van der Waals surface area contributed by atoms with Crippen molar-refractivity contribution in [3.05, 3.63) is 45.8 Å². The molecular formula is C16H16ClN3S. The predicted octanol–water partition coefficient (Wildman–Crippen LogP) is 4.67. The van der Waals surface area contributed by atoms with E-state index in [4.69, 9.17) is 17.3 Å². The molecule has 0 unspecified atom stereocenters. The van der Waals surface area contributed by atoms with Crippen LogP contribution in [-0.4, -0.2) is 9.78 Å².